The van der Waals surface area contributed by atoms with Gasteiger partial charge in [-0.2, -0.15) is 9.57 Å². The van der Waals surface area contributed by atoms with E-state index in [9.17, 15) is 18.5 Å². The Morgan fingerprint density at radius 2 is 1.74 bits per heavy atom. The van der Waals surface area contributed by atoms with Gasteiger partial charge in [0.25, 0.3) is 0 Å². The Balaban J connectivity index is 1.27. The van der Waals surface area contributed by atoms with Gasteiger partial charge in [0.1, 0.15) is 24.2 Å². The van der Waals surface area contributed by atoms with Gasteiger partial charge in [0.15, 0.2) is 5.75 Å². The molecule has 0 radical (unpaired) electrons. The smallest absolute Gasteiger partial charge is 0.424 e. The SMILES string of the molecule is CC(C)(C)N(C(=O)OCc1cnc2cc(-c3ccc(Oc4cc(Cl)c(OC5CC5)c(C#N)c4)cc3)ccc2n1)S(C)(=O)=O. The predicted molar refractivity (Wildman–Crippen MR) is 161 cm³/mol. The van der Waals surface area contributed by atoms with Crippen LogP contribution < -0.4 is 9.47 Å². The predicted octanol–water partition coefficient (Wildman–Crippen LogP) is 6.85. The Morgan fingerprint density at radius 1 is 1.05 bits per heavy atom. The molecule has 0 aliphatic heterocycles. The van der Waals surface area contributed by atoms with Crippen LogP contribution in [0, 0.1) is 11.3 Å². The summed E-state index contributed by atoms with van der Waals surface area (Å²) in [5.74, 6) is 1.39. The van der Waals surface area contributed by atoms with Crippen LogP contribution in [0.5, 0.6) is 17.2 Å². The maximum atomic E-state index is 12.5. The molecule has 43 heavy (non-hydrogen) atoms. The van der Waals surface area contributed by atoms with Crippen LogP contribution in [0.2, 0.25) is 5.02 Å². The standard InChI is InChI=1S/C31H29ClN4O6S/c1-31(2,3)36(43(4,38)39)30(37)40-18-22-17-34-28-14-20(7-12-27(28)35-22)19-5-8-23(9-6-19)41-25-13-21(16-33)29(26(32)15-25)42-24-10-11-24/h5-9,12-15,17,24H,10-11,18H2,1-4H3. The number of amides is 1. The van der Waals surface area contributed by atoms with Crippen LogP contribution in [0.25, 0.3) is 22.2 Å². The largest absolute Gasteiger partial charge is 0.487 e. The first-order chi connectivity index (χ1) is 20.3. The number of rotatable bonds is 8. The zero-order valence-electron chi connectivity index (χ0n) is 24.0. The number of sulfonamides is 1. The fraction of sp³-hybridized carbons (Fsp3) is 0.290. The van der Waals surface area contributed by atoms with Gasteiger partial charge in [-0.3, -0.25) is 4.98 Å². The zero-order chi connectivity index (χ0) is 30.9. The van der Waals surface area contributed by atoms with Crippen LogP contribution in [0.15, 0.2) is 60.8 Å². The summed E-state index contributed by atoms with van der Waals surface area (Å²) in [5, 5.41) is 9.88. The Bertz CT molecular complexity index is 1850. The Morgan fingerprint density at radius 3 is 2.37 bits per heavy atom. The minimum atomic E-state index is -3.83. The number of nitrogens with zero attached hydrogens (tertiary/aromatic N) is 4. The van der Waals surface area contributed by atoms with Crippen LogP contribution in [-0.4, -0.2) is 46.7 Å². The molecule has 1 amide bonds. The molecule has 1 saturated carbocycles. The highest BCUT2D eigenvalue weighted by atomic mass is 35.5. The van der Waals surface area contributed by atoms with Crippen molar-refractivity contribution >= 4 is 38.8 Å². The first-order valence-corrected chi connectivity index (χ1v) is 15.7. The topological polar surface area (TPSA) is 132 Å². The summed E-state index contributed by atoms with van der Waals surface area (Å²) in [4.78, 5) is 21.5. The fourth-order valence-corrected chi connectivity index (χ4v) is 6.01. The number of benzene rings is 3. The molecule has 0 atom stereocenters. The summed E-state index contributed by atoms with van der Waals surface area (Å²) in [6.07, 6.45) is 3.50. The summed E-state index contributed by atoms with van der Waals surface area (Å²) in [6, 6.07) is 18.4. The van der Waals surface area contributed by atoms with Crippen LogP contribution in [0.1, 0.15) is 44.9 Å². The Labute approximate surface area is 254 Å². The van der Waals surface area contributed by atoms with Crippen molar-refractivity contribution in [3.63, 3.8) is 0 Å². The highest BCUT2D eigenvalue weighted by Gasteiger charge is 2.35. The number of nitriles is 1. The van der Waals surface area contributed by atoms with E-state index < -0.39 is 21.7 Å². The summed E-state index contributed by atoms with van der Waals surface area (Å²) >= 11 is 6.38. The van der Waals surface area contributed by atoms with E-state index in [-0.39, 0.29) is 12.7 Å². The van der Waals surface area contributed by atoms with Crippen molar-refractivity contribution in [1.29, 1.82) is 5.26 Å². The molecule has 1 aromatic heterocycles. The third-order valence-electron chi connectivity index (χ3n) is 6.41. The summed E-state index contributed by atoms with van der Waals surface area (Å²) < 4.78 is 41.9. The number of aromatic nitrogens is 2. The number of halogens is 1. The average molecular weight is 621 g/mol. The minimum absolute atomic E-state index is 0.116. The number of hydrogen-bond donors (Lipinski definition) is 0. The molecular weight excluding hydrogens is 592 g/mol. The number of hydrogen-bond acceptors (Lipinski definition) is 9. The van der Waals surface area contributed by atoms with Gasteiger partial charge in [-0.25, -0.2) is 18.2 Å². The number of carbonyl (C=O) groups is 1. The van der Waals surface area contributed by atoms with Gasteiger partial charge in [0.2, 0.25) is 10.0 Å². The summed E-state index contributed by atoms with van der Waals surface area (Å²) in [5.41, 5.74) is 2.76. The maximum absolute atomic E-state index is 12.5. The van der Waals surface area contributed by atoms with E-state index in [1.165, 1.54) is 6.20 Å². The van der Waals surface area contributed by atoms with E-state index >= 15 is 0 Å². The fourth-order valence-electron chi connectivity index (χ4n) is 4.43. The first kappa shape index (κ1) is 30.1. The highest BCUT2D eigenvalue weighted by molar-refractivity contribution is 7.88. The maximum Gasteiger partial charge on any atom is 0.424 e. The van der Waals surface area contributed by atoms with Crippen molar-refractivity contribution in [2.75, 3.05) is 6.26 Å². The van der Waals surface area contributed by atoms with Crippen LogP contribution >= 0.6 is 11.6 Å². The number of ether oxygens (including phenoxy) is 3. The van der Waals surface area contributed by atoms with Crippen molar-refractivity contribution in [2.24, 2.45) is 0 Å². The van der Waals surface area contributed by atoms with Gasteiger partial charge in [0.05, 0.1) is 51.4 Å². The molecule has 0 unspecified atom stereocenters. The van der Waals surface area contributed by atoms with E-state index in [1.807, 2.05) is 42.5 Å². The molecule has 0 bridgehead atoms. The van der Waals surface area contributed by atoms with Crippen molar-refractivity contribution < 1.29 is 27.4 Å². The molecule has 10 nitrogen and oxygen atoms in total. The second kappa shape index (κ2) is 11.7. The van der Waals surface area contributed by atoms with Gasteiger partial charge >= 0.3 is 6.09 Å². The van der Waals surface area contributed by atoms with E-state index in [4.69, 9.17) is 25.8 Å². The average Bonchev–Trinajstić information content (AvgIpc) is 3.76. The highest BCUT2D eigenvalue weighted by Crippen LogP contribution is 2.38. The van der Waals surface area contributed by atoms with E-state index in [1.54, 1.807) is 32.9 Å². The number of carbonyl (C=O) groups excluding carboxylic acids is 1. The molecule has 0 saturated heterocycles. The molecule has 12 heteroatoms. The normalized spacial score (nSPS) is 13.3. The van der Waals surface area contributed by atoms with Gasteiger partial charge in [-0.15, -0.1) is 0 Å². The molecule has 3 aromatic carbocycles. The monoisotopic (exact) mass is 620 g/mol. The number of fused-ring (bicyclic) bond motifs is 1. The molecule has 1 heterocycles. The lowest BCUT2D eigenvalue weighted by Gasteiger charge is -2.32. The van der Waals surface area contributed by atoms with E-state index in [0.717, 1.165) is 30.2 Å². The van der Waals surface area contributed by atoms with Crippen molar-refractivity contribution in [2.45, 2.75) is 51.9 Å². The van der Waals surface area contributed by atoms with Crippen molar-refractivity contribution in [3.05, 3.63) is 77.1 Å². The molecule has 1 aliphatic rings. The lowest BCUT2D eigenvalue weighted by Crippen LogP contribution is -2.49. The quantitative estimate of drug-likeness (QED) is 0.207. The van der Waals surface area contributed by atoms with Crippen LogP contribution in [0.4, 0.5) is 4.79 Å². The van der Waals surface area contributed by atoms with Crippen LogP contribution in [-0.2, 0) is 21.4 Å². The Hall–Kier alpha value is -4.40. The van der Waals surface area contributed by atoms with Crippen molar-refractivity contribution in [3.8, 4) is 34.4 Å². The molecule has 1 fully saturated rings. The molecule has 1 aliphatic carbocycles. The van der Waals surface area contributed by atoms with E-state index in [2.05, 4.69) is 16.0 Å². The third-order valence-corrected chi connectivity index (χ3v) is 8.05. The molecule has 0 spiro atoms. The van der Waals surface area contributed by atoms with Crippen LogP contribution in [0.3, 0.4) is 0 Å². The zero-order valence-corrected chi connectivity index (χ0v) is 25.6. The van der Waals surface area contributed by atoms with Crippen molar-refractivity contribution in [1.82, 2.24) is 14.3 Å². The third kappa shape index (κ3) is 7.16. The summed E-state index contributed by atoms with van der Waals surface area (Å²) in [6.45, 7) is 4.59. The second-order valence-corrected chi connectivity index (χ2v) is 13.4. The van der Waals surface area contributed by atoms with Gasteiger partial charge < -0.3 is 14.2 Å². The van der Waals surface area contributed by atoms with Gasteiger partial charge in [-0.1, -0.05) is 29.8 Å². The lowest BCUT2D eigenvalue weighted by atomic mass is 10.0. The lowest BCUT2D eigenvalue weighted by molar-refractivity contribution is 0.0981. The Kier molecular flexibility index (Phi) is 8.18. The van der Waals surface area contributed by atoms with Gasteiger partial charge in [0, 0.05) is 12.1 Å². The summed E-state index contributed by atoms with van der Waals surface area (Å²) in [7, 11) is -3.83. The first-order valence-electron chi connectivity index (χ1n) is 13.4. The minimum Gasteiger partial charge on any atom is -0.487 e. The molecule has 222 valence electrons. The molecule has 4 aromatic rings. The molecule has 5 rings (SSSR count). The van der Waals surface area contributed by atoms with E-state index in [0.29, 0.717) is 48.9 Å². The second-order valence-electron chi connectivity index (χ2n) is 11.2. The molecular formula is C31H29ClN4O6S. The molecule has 0 N–H and O–H groups in total. The van der Waals surface area contributed by atoms with Gasteiger partial charge in [-0.05, 0) is 69.0 Å².